The van der Waals surface area contributed by atoms with E-state index in [1.54, 1.807) is 4.90 Å². The van der Waals surface area contributed by atoms with E-state index in [0.29, 0.717) is 30.5 Å². The van der Waals surface area contributed by atoms with Gasteiger partial charge in [-0.15, -0.1) is 0 Å². The number of hydrogen-bond acceptors (Lipinski definition) is 6. The van der Waals surface area contributed by atoms with Crippen molar-refractivity contribution in [3.63, 3.8) is 0 Å². The fourth-order valence-corrected chi connectivity index (χ4v) is 2.84. The molecular formula is C18H24N4O3. The number of rotatable bonds is 2. The first kappa shape index (κ1) is 17.4. The zero-order valence-electron chi connectivity index (χ0n) is 15.2. The van der Waals surface area contributed by atoms with Crippen molar-refractivity contribution in [1.29, 1.82) is 0 Å². The van der Waals surface area contributed by atoms with Gasteiger partial charge in [-0.05, 0) is 52.7 Å². The van der Waals surface area contributed by atoms with Crippen LogP contribution in [-0.2, 0) is 4.74 Å². The molecule has 1 amide bonds. The van der Waals surface area contributed by atoms with E-state index in [0.717, 1.165) is 18.5 Å². The highest BCUT2D eigenvalue weighted by Crippen LogP contribution is 2.28. The first-order valence-electron chi connectivity index (χ1n) is 8.57. The summed E-state index contributed by atoms with van der Waals surface area (Å²) in [6.45, 7) is 8.73. The molecule has 1 atom stereocenters. The predicted octanol–water partition coefficient (Wildman–Crippen LogP) is 3.55. The highest BCUT2D eigenvalue weighted by Gasteiger charge is 2.31. The van der Waals surface area contributed by atoms with Gasteiger partial charge >= 0.3 is 6.09 Å². The second-order valence-electron chi connectivity index (χ2n) is 7.39. The molecule has 0 radical (unpaired) electrons. The van der Waals surface area contributed by atoms with Crippen molar-refractivity contribution in [3.8, 4) is 11.5 Å². The van der Waals surface area contributed by atoms with Gasteiger partial charge in [0.1, 0.15) is 11.3 Å². The molecular weight excluding hydrogens is 320 g/mol. The summed E-state index contributed by atoms with van der Waals surface area (Å²) in [4.78, 5) is 22.9. The highest BCUT2D eigenvalue weighted by atomic mass is 16.6. The number of amides is 1. The Morgan fingerprint density at radius 3 is 2.84 bits per heavy atom. The van der Waals surface area contributed by atoms with Crippen LogP contribution in [0.3, 0.4) is 0 Å². The van der Waals surface area contributed by atoms with Crippen LogP contribution in [0.4, 0.5) is 4.79 Å². The van der Waals surface area contributed by atoms with E-state index in [1.807, 2.05) is 45.9 Å². The fraction of sp³-hybridized carbons (Fsp3) is 0.556. The number of nitrogens with zero attached hydrogens (tertiary/aromatic N) is 4. The molecule has 3 rings (SSSR count). The molecule has 1 unspecified atom stereocenters. The number of aryl methyl sites for hydroxylation is 1. The molecule has 2 aromatic rings. The lowest BCUT2D eigenvalue weighted by Crippen LogP contribution is -2.42. The lowest BCUT2D eigenvalue weighted by molar-refractivity contribution is 0.0189. The Morgan fingerprint density at radius 2 is 2.12 bits per heavy atom. The van der Waals surface area contributed by atoms with Gasteiger partial charge in [-0.2, -0.15) is 4.98 Å². The molecule has 0 bridgehead atoms. The van der Waals surface area contributed by atoms with Crippen LogP contribution in [0.15, 0.2) is 22.7 Å². The van der Waals surface area contributed by atoms with Crippen molar-refractivity contribution >= 4 is 6.09 Å². The second kappa shape index (κ2) is 6.82. The summed E-state index contributed by atoms with van der Waals surface area (Å²) < 4.78 is 10.9. The minimum absolute atomic E-state index is 0.0207. The largest absolute Gasteiger partial charge is 0.444 e. The molecule has 0 N–H and O–H groups in total. The average Bonchev–Trinajstić information content (AvgIpc) is 3.03. The highest BCUT2D eigenvalue weighted by molar-refractivity contribution is 5.68. The van der Waals surface area contributed by atoms with E-state index in [-0.39, 0.29) is 12.0 Å². The van der Waals surface area contributed by atoms with Gasteiger partial charge in [0.25, 0.3) is 0 Å². The van der Waals surface area contributed by atoms with Gasteiger partial charge in [-0.1, -0.05) is 11.2 Å². The SMILES string of the molecule is Cc1cccc(-c2noc(C3CCCN(C(=O)OC(C)(C)C)C3)n2)n1. The third kappa shape index (κ3) is 4.35. The van der Waals surface area contributed by atoms with E-state index >= 15 is 0 Å². The summed E-state index contributed by atoms with van der Waals surface area (Å²) in [5.41, 5.74) is 1.09. The molecule has 0 aromatic carbocycles. The molecule has 134 valence electrons. The first-order valence-corrected chi connectivity index (χ1v) is 8.57. The molecule has 2 aromatic heterocycles. The van der Waals surface area contributed by atoms with Gasteiger partial charge in [0, 0.05) is 18.8 Å². The predicted molar refractivity (Wildman–Crippen MR) is 92.0 cm³/mol. The second-order valence-corrected chi connectivity index (χ2v) is 7.39. The Morgan fingerprint density at radius 1 is 1.32 bits per heavy atom. The van der Waals surface area contributed by atoms with E-state index < -0.39 is 5.60 Å². The maximum Gasteiger partial charge on any atom is 0.410 e. The van der Waals surface area contributed by atoms with Crippen LogP contribution in [0.25, 0.3) is 11.5 Å². The van der Waals surface area contributed by atoms with Gasteiger partial charge in [-0.25, -0.2) is 9.78 Å². The van der Waals surface area contributed by atoms with Gasteiger partial charge in [0.15, 0.2) is 0 Å². The van der Waals surface area contributed by atoms with Crippen molar-refractivity contribution in [2.24, 2.45) is 0 Å². The lowest BCUT2D eigenvalue weighted by atomic mass is 9.98. The maximum atomic E-state index is 12.3. The van der Waals surface area contributed by atoms with Crippen molar-refractivity contribution in [2.75, 3.05) is 13.1 Å². The monoisotopic (exact) mass is 344 g/mol. The normalized spacial score (nSPS) is 18.2. The number of aromatic nitrogens is 3. The van der Waals surface area contributed by atoms with E-state index in [1.165, 1.54) is 0 Å². The summed E-state index contributed by atoms with van der Waals surface area (Å²) in [5.74, 6) is 1.05. The van der Waals surface area contributed by atoms with E-state index in [2.05, 4.69) is 15.1 Å². The third-order valence-corrected chi connectivity index (χ3v) is 3.98. The Bertz CT molecular complexity index is 751. The van der Waals surface area contributed by atoms with Gasteiger partial charge in [-0.3, -0.25) is 0 Å². The molecule has 0 spiro atoms. The molecule has 1 aliphatic heterocycles. The number of hydrogen-bond donors (Lipinski definition) is 0. The summed E-state index contributed by atoms with van der Waals surface area (Å²) in [7, 11) is 0. The number of likely N-dealkylation sites (tertiary alicyclic amines) is 1. The Labute approximate surface area is 147 Å². The summed E-state index contributed by atoms with van der Waals surface area (Å²) >= 11 is 0. The fourth-order valence-electron chi connectivity index (χ4n) is 2.84. The summed E-state index contributed by atoms with van der Waals surface area (Å²) in [5, 5.41) is 4.05. The van der Waals surface area contributed by atoms with E-state index in [9.17, 15) is 4.79 Å². The van der Waals surface area contributed by atoms with Crippen molar-refractivity contribution in [3.05, 3.63) is 29.8 Å². The maximum absolute atomic E-state index is 12.3. The molecule has 0 aliphatic carbocycles. The number of carbonyl (C=O) groups excluding carboxylic acids is 1. The summed E-state index contributed by atoms with van der Waals surface area (Å²) in [6.07, 6.45) is 1.49. The molecule has 3 heterocycles. The van der Waals surface area contributed by atoms with E-state index in [4.69, 9.17) is 9.26 Å². The minimum Gasteiger partial charge on any atom is -0.444 e. The van der Waals surface area contributed by atoms with Crippen molar-refractivity contribution < 1.29 is 14.1 Å². The van der Waals surface area contributed by atoms with Gasteiger partial charge in [0.05, 0.1) is 5.92 Å². The molecule has 0 saturated carbocycles. The van der Waals surface area contributed by atoms with Crippen LogP contribution < -0.4 is 0 Å². The van der Waals surface area contributed by atoms with Crippen LogP contribution >= 0.6 is 0 Å². The van der Waals surface area contributed by atoms with Crippen LogP contribution in [0.5, 0.6) is 0 Å². The smallest absolute Gasteiger partial charge is 0.410 e. The number of ether oxygens (including phenoxy) is 1. The lowest BCUT2D eigenvalue weighted by Gasteiger charge is -2.32. The van der Waals surface area contributed by atoms with Crippen LogP contribution in [0, 0.1) is 6.92 Å². The van der Waals surface area contributed by atoms with Crippen LogP contribution in [0.1, 0.15) is 51.1 Å². The Kier molecular flexibility index (Phi) is 4.74. The Balaban J connectivity index is 1.71. The Hall–Kier alpha value is -2.44. The topological polar surface area (TPSA) is 81.4 Å². The standard InChI is InChI=1S/C18H24N4O3/c1-12-7-5-9-14(19-12)15-20-16(25-21-15)13-8-6-10-22(11-13)17(23)24-18(2,3)4/h5,7,9,13H,6,8,10-11H2,1-4H3. The quantitative estimate of drug-likeness (QED) is 0.828. The average molecular weight is 344 g/mol. The zero-order chi connectivity index (χ0) is 18.0. The third-order valence-electron chi connectivity index (χ3n) is 3.98. The number of piperidine rings is 1. The van der Waals surface area contributed by atoms with Gasteiger partial charge < -0.3 is 14.2 Å². The van der Waals surface area contributed by atoms with Crippen LogP contribution in [-0.4, -0.2) is 44.8 Å². The molecule has 25 heavy (non-hydrogen) atoms. The minimum atomic E-state index is -0.501. The summed E-state index contributed by atoms with van der Waals surface area (Å²) in [6, 6.07) is 5.69. The molecule has 7 nitrogen and oxygen atoms in total. The molecule has 1 aliphatic rings. The van der Waals surface area contributed by atoms with Gasteiger partial charge in [0.2, 0.25) is 11.7 Å². The molecule has 1 fully saturated rings. The zero-order valence-corrected chi connectivity index (χ0v) is 15.2. The first-order chi connectivity index (χ1) is 11.8. The molecule has 1 saturated heterocycles. The van der Waals surface area contributed by atoms with Crippen LogP contribution in [0.2, 0.25) is 0 Å². The molecule has 7 heteroatoms. The number of carbonyl (C=O) groups is 1. The number of pyridine rings is 1. The van der Waals surface area contributed by atoms with Crippen molar-refractivity contribution in [1.82, 2.24) is 20.0 Å². The van der Waals surface area contributed by atoms with Crippen molar-refractivity contribution in [2.45, 2.75) is 52.1 Å².